The van der Waals surface area contributed by atoms with Gasteiger partial charge in [-0.1, -0.05) is 72.8 Å². The molecule has 0 saturated carbocycles. The predicted octanol–water partition coefficient (Wildman–Crippen LogP) is 2.11. The predicted molar refractivity (Wildman–Crippen MR) is 124 cm³/mol. The van der Waals surface area contributed by atoms with Gasteiger partial charge in [0, 0.05) is 19.4 Å². The van der Waals surface area contributed by atoms with E-state index in [0.29, 0.717) is 6.42 Å². The molecular weight excluding hydrogens is 418 g/mol. The normalized spacial score (nSPS) is 16.5. The molecule has 3 N–H and O–H groups in total. The zero-order valence-electron chi connectivity index (χ0n) is 18.1. The van der Waals surface area contributed by atoms with Crippen LogP contribution in [0, 0.1) is 0 Å². The molecule has 3 amide bonds. The van der Waals surface area contributed by atoms with Crippen molar-refractivity contribution < 1.29 is 19.2 Å². The Morgan fingerprint density at radius 1 is 0.970 bits per heavy atom. The van der Waals surface area contributed by atoms with E-state index in [0.717, 1.165) is 21.9 Å². The second kappa shape index (κ2) is 9.65. The average molecular weight is 444 g/mol. The number of nitrogens with one attached hydrogen (secondary N) is 1. The molecule has 4 rings (SSSR count). The average Bonchev–Trinajstić information content (AvgIpc) is 3.19. The quantitative estimate of drug-likeness (QED) is 0.520. The van der Waals surface area contributed by atoms with Gasteiger partial charge in [0.05, 0.1) is 0 Å². The number of hydrogen-bond acceptors (Lipinski definition) is 4. The molecule has 2 atom stereocenters. The molecule has 0 spiro atoms. The lowest BCUT2D eigenvalue weighted by Gasteiger charge is -2.26. The van der Waals surface area contributed by atoms with Gasteiger partial charge in [0.2, 0.25) is 17.6 Å². The van der Waals surface area contributed by atoms with Crippen molar-refractivity contribution in [3.63, 3.8) is 0 Å². The highest BCUT2D eigenvalue weighted by molar-refractivity contribution is 6.38. The first-order chi connectivity index (χ1) is 15.9. The van der Waals surface area contributed by atoms with E-state index in [4.69, 9.17) is 5.73 Å². The Morgan fingerprint density at radius 3 is 2.42 bits per heavy atom. The Bertz CT molecular complexity index is 1200. The van der Waals surface area contributed by atoms with Gasteiger partial charge in [0.25, 0.3) is 5.91 Å². The van der Waals surface area contributed by atoms with Crippen LogP contribution in [0.3, 0.4) is 0 Å². The van der Waals surface area contributed by atoms with Crippen molar-refractivity contribution in [2.24, 2.45) is 5.73 Å². The maximum absolute atomic E-state index is 13.2. The second-order valence-corrected chi connectivity index (χ2v) is 8.19. The van der Waals surface area contributed by atoms with Crippen molar-refractivity contribution >= 4 is 34.3 Å². The van der Waals surface area contributed by atoms with Crippen LogP contribution in [-0.2, 0) is 32.1 Å². The van der Waals surface area contributed by atoms with E-state index in [1.807, 2.05) is 60.7 Å². The van der Waals surface area contributed by atoms with Crippen LogP contribution in [0.4, 0.5) is 0 Å². The van der Waals surface area contributed by atoms with Crippen molar-refractivity contribution in [1.82, 2.24) is 10.2 Å². The molecule has 0 aromatic heterocycles. The summed E-state index contributed by atoms with van der Waals surface area (Å²) in [6.45, 7) is 0.283. The Labute approximate surface area is 191 Å². The summed E-state index contributed by atoms with van der Waals surface area (Å²) >= 11 is 0. The molecule has 3 aromatic rings. The number of carbonyl (C=O) groups is 4. The molecule has 0 radical (unpaired) electrons. The fraction of sp³-hybridized carbons (Fsp3) is 0.231. The minimum atomic E-state index is -1.11. The number of likely N-dealkylation sites (tertiary alicyclic amines) is 1. The molecule has 7 nitrogen and oxygen atoms in total. The van der Waals surface area contributed by atoms with E-state index in [1.165, 1.54) is 0 Å². The van der Waals surface area contributed by atoms with Gasteiger partial charge in [0.15, 0.2) is 0 Å². The number of nitrogens with two attached hydrogens (primary N) is 1. The van der Waals surface area contributed by atoms with Crippen LogP contribution in [0.15, 0.2) is 72.8 Å². The van der Waals surface area contributed by atoms with Crippen LogP contribution < -0.4 is 11.1 Å². The molecule has 1 fully saturated rings. The lowest BCUT2D eigenvalue weighted by atomic mass is 10.0. The third-order valence-electron chi connectivity index (χ3n) is 6.01. The number of rotatable bonds is 8. The van der Waals surface area contributed by atoms with Gasteiger partial charge in [-0.15, -0.1) is 0 Å². The Hall–Kier alpha value is -4.00. The van der Waals surface area contributed by atoms with Gasteiger partial charge in [-0.3, -0.25) is 19.2 Å². The summed E-state index contributed by atoms with van der Waals surface area (Å²) in [6, 6.07) is 21.0. The van der Waals surface area contributed by atoms with Crippen molar-refractivity contribution in [1.29, 1.82) is 0 Å². The van der Waals surface area contributed by atoms with E-state index < -0.39 is 29.7 Å². The van der Waals surface area contributed by atoms with Crippen molar-refractivity contribution in [2.45, 2.75) is 37.9 Å². The Balaban J connectivity index is 1.54. The molecule has 7 heteroatoms. The van der Waals surface area contributed by atoms with Gasteiger partial charge in [-0.2, -0.15) is 0 Å². The summed E-state index contributed by atoms with van der Waals surface area (Å²) < 4.78 is 0. The minimum Gasteiger partial charge on any atom is -0.363 e. The zero-order chi connectivity index (χ0) is 23.4. The fourth-order valence-electron chi connectivity index (χ4n) is 4.32. The smallest absolute Gasteiger partial charge is 0.287 e. The molecule has 1 aliphatic rings. The largest absolute Gasteiger partial charge is 0.363 e. The monoisotopic (exact) mass is 443 g/mol. The number of Topliss-reactive ketones (excluding diaryl/α,β-unsaturated/α-hetero) is 1. The highest BCUT2D eigenvalue weighted by Gasteiger charge is 2.38. The van der Waals surface area contributed by atoms with Crippen LogP contribution >= 0.6 is 0 Å². The van der Waals surface area contributed by atoms with Gasteiger partial charge < -0.3 is 16.0 Å². The zero-order valence-corrected chi connectivity index (χ0v) is 18.1. The number of ketones is 1. The highest BCUT2D eigenvalue weighted by Crippen LogP contribution is 2.26. The van der Waals surface area contributed by atoms with Gasteiger partial charge in [-0.25, -0.2) is 0 Å². The van der Waals surface area contributed by atoms with Gasteiger partial charge >= 0.3 is 0 Å². The second-order valence-electron chi connectivity index (χ2n) is 8.19. The number of amides is 3. The van der Waals surface area contributed by atoms with E-state index in [2.05, 4.69) is 5.32 Å². The highest BCUT2D eigenvalue weighted by atomic mass is 16.2. The molecule has 1 heterocycles. The lowest BCUT2D eigenvalue weighted by molar-refractivity contribution is -0.140. The van der Waals surface area contributed by atoms with E-state index in [-0.39, 0.29) is 25.3 Å². The molecule has 0 bridgehead atoms. The summed E-state index contributed by atoms with van der Waals surface area (Å²) in [6.07, 6.45) is 0.729. The molecule has 1 aliphatic heterocycles. The third-order valence-corrected chi connectivity index (χ3v) is 6.01. The SMILES string of the molecule is NC(=O)C(=O)C(Cc1ccccc1)NC(=O)[C@H]1CCC(=O)N1Cc1cccc2ccccc12. The number of benzene rings is 3. The van der Waals surface area contributed by atoms with Crippen molar-refractivity contribution in [3.05, 3.63) is 83.9 Å². The first kappa shape index (κ1) is 22.2. The first-order valence-corrected chi connectivity index (χ1v) is 10.9. The maximum Gasteiger partial charge on any atom is 0.287 e. The molecule has 1 unspecified atom stereocenters. The van der Waals surface area contributed by atoms with Gasteiger partial charge in [-0.05, 0) is 28.3 Å². The number of hydrogen-bond donors (Lipinski definition) is 2. The number of fused-ring (bicyclic) bond motifs is 1. The first-order valence-electron chi connectivity index (χ1n) is 10.9. The topological polar surface area (TPSA) is 110 Å². The molecule has 1 saturated heterocycles. The van der Waals surface area contributed by atoms with Crippen molar-refractivity contribution in [3.8, 4) is 0 Å². The van der Waals surface area contributed by atoms with Crippen LogP contribution in [0.25, 0.3) is 10.8 Å². The third kappa shape index (κ3) is 4.92. The van der Waals surface area contributed by atoms with E-state index >= 15 is 0 Å². The standard InChI is InChI=1S/C26H25N3O4/c27-25(32)24(31)21(15-17-7-2-1-3-8-17)28-26(33)22-13-14-23(30)29(22)16-19-11-6-10-18-9-4-5-12-20(18)19/h1-12,21-22H,13-16H2,(H2,27,32)(H,28,33)/t21?,22-/m1/s1. The van der Waals surface area contributed by atoms with Crippen LogP contribution in [0.1, 0.15) is 24.0 Å². The molecular formula is C26H25N3O4. The minimum absolute atomic E-state index is 0.121. The van der Waals surface area contributed by atoms with Crippen LogP contribution in [-0.4, -0.2) is 40.5 Å². The molecule has 33 heavy (non-hydrogen) atoms. The summed E-state index contributed by atoms with van der Waals surface area (Å²) in [5.41, 5.74) is 6.94. The van der Waals surface area contributed by atoms with Crippen LogP contribution in [0.5, 0.6) is 0 Å². The van der Waals surface area contributed by atoms with E-state index in [1.54, 1.807) is 17.0 Å². The Morgan fingerprint density at radius 2 is 1.67 bits per heavy atom. The maximum atomic E-state index is 13.2. The molecule has 0 aliphatic carbocycles. The lowest BCUT2D eigenvalue weighted by Crippen LogP contribution is -2.53. The van der Waals surface area contributed by atoms with Gasteiger partial charge in [0.1, 0.15) is 12.1 Å². The summed E-state index contributed by atoms with van der Waals surface area (Å²) in [5.74, 6) is -2.55. The molecule has 3 aromatic carbocycles. The summed E-state index contributed by atoms with van der Waals surface area (Å²) in [5, 5.41) is 4.75. The van der Waals surface area contributed by atoms with Crippen molar-refractivity contribution in [2.75, 3.05) is 0 Å². The summed E-state index contributed by atoms with van der Waals surface area (Å²) in [4.78, 5) is 51.4. The Kier molecular flexibility index (Phi) is 6.49. The number of nitrogens with zero attached hydrogens (tertiary/aromatic N) is 1. The number of carbonyl (C=O) groups excluding carboxylic acids is 4. The van der Waals surface area contributed by atoms with E-state index in [9.17, 15) is 19.2 Å². The van der Waals surface area contributed by atoms with Crippen LogP contribution in [0.2, 0.25) is 0 Å². The summed E-state index contributed by atoms with van der Waals surface area (Å²) in [7, 11) is 0. The molecule has 168 valence electrons. The fourth-order valence-corrected chi connectivity index (χ4v) is 4.32. The number of primary amides is 1.